The molecule has 0 aliphatic heterocycles. The molecular formula is C11H16O2. The zero-order chi connectivity index (χ0) is 9.52. The van der Waals surface area contributed by atoms with E-state index in [-0.39, 0.29) is 6.61 Å². The van der Waals surface area contributed by atoms with Gasteiger partial charge < -0.3 is 10.2 Å². The van der Waals surface area contributed by atoms with Crippen molar-refractivity contribution in [3.8, 4) is 0 Å². The van der Waals surface area contributed by atoms with Crippen molar-refractivity contribution in [3.63, 3.8) is 0 Å². The van der Waals surface area contributed by atoms with Crippen LogP contribution in [0.1, 0.15) is 18.4 Å². The fourth-order valence-electron chi connectivity index (χ4n) is 1.28. The van der Waals surface area contributed by atoms with Crippen molar-refractivity contribution in [2.45, 2.75) is 25.4 Å². The number of aryl methyl sites for hydroxylation is 1. The first-order valence-electron chi connectivity index (χ1n) is 4.66. The highest BCUT2D eigenvalue weighted by molar-refractivity contribution is 5.14. The highest BCUT2D eigenvalue weighted by atomic mass is 16.3. The molecule has 0 radical (unpaired) electrons. The molecule has 0 spiro atoms. The van der Waals surface area contributed by atoms with Gasteiger partial charge in [-0.05, 0) is 24.8 Å². The third-order valence-electron chi connectivity index (χ3n) is 2.06. The normalized spacial score (nSPS) is 12.8. The van der Waals surface area contributed by atoms with Crippen LogP contribution < -0.4 is 0 Å². The number of hydrogen-bond donors (Lipinski definition) is 2. The Hall–Kier alpha value is -0.860. The van der Waals surface area contributed by atoms with Gasteiger partial charge in [-0.2, -0.15) is 0 Å². The minimum Gasteiger partial charge on any atom is -0.394 e. The Kier molecular flexibility index (Phi) is 4.50. The first kappa shape index (κ1) is 10.2. The average Bonchev–Trinajstić information content (AvgIpc) is 2.19. The Morgan fingerprint density at radius 1 is 1.15 bits per heavy atom. The van der Waals surface area contributed by atoms with Gasteiger partial charge in [-0.1, -0.05) is 30.3 Å². The standard InChI is InChI=1S/C11H16O2/c12-9-11(13)8-4-7-10-5-2-1-3-6-10/h1-3,5-6,11-13H,4,7-9H2/t11-/m1/s1. The summed E-state index contributed by atoms with van der Waals surface area (Å²) in [6.45, 7) is -0.130. The first-order valence-corrected chi connectivity index (χ1v) is 4.66. The van der Waals surface area contributed by atoms with Crippen molar-refractivity contribution in [3.05, 3.63) is 35.9 Å². The van der Waals surface area contributed by atoms with Gasteiger partial charge in [-0.3, -0.25) is 0 Å². The van der Waals surface area contributed by atoms with Gasteiger partial charge in [-0.25, -0.2) is 0 Å². The quantitative estimate of drug-likeness (QED) is 0.718. The van der Waals surface area contributed by atoms with Gasteiger partial charge in [0.1, 0.15) is 0 Å². The summed E-state index contributed by atoms with van der Waals surface area (Å²) >= 11 is 0. The molecule has 0 aliphatic rings. The van der Waals surface area contributed by atoms with Crippen molar-refractivity contribution in [1.82, 2.24) is 0 Å². The topological polar surface area (TPSA) is 40.5 Å². The predicted octanol–water partition coefficient (Wildman–Crippen LogP) is 1.36. The summed E-state index contributed by atoms with van der Waals surface area (Å²) in [6.07, 6.45) is 2.01. The van der Waals surface area contributed by atoms with Crippen LogP contribution in [-0.4, -0.2) is 22.9 Å². The van der Waals surface area contributed by atoms with Crippen LogP contribution in [0.3, 0.4) is 0 Å². The van der Waals surface area contributed by atoms with Crippen LogP contribution in [0.5, 0.6) is 0 Å². The highest BCUT2D eigenvalue weighted by Gasteiger charge is 2.00. The molecule has 1 aromatic rings. The van der Waals surface area contributed by atoms with E-state index >= 15 is 0 Å². The number of aliphatic hydroxyl groups is 2. The van der Waals surface area contributed by atoms with E-state index in [1.54, 1.807) is 0 Å². The summed E-state index contributed by atoms with van der Waals surface area (Å²) in [5.74, 6) is 0. The maximum Gasteiger partial charge on any atom is 0.0771 e. The van der Waals surface area contributed by atoms with Gasteiger partial charge in [0.25, 0.3) is 0 Å². The van der Waals surface area contributed by atoms with Gasteiger partial charge in [0, 0.05) is 0 Å². The van der Waals surface area contributed by atoms with E-state index < -0.39 is 6.10 Å². The fraction of sp³-hybridized carbons (Fsp3) is 0.455. The molecule has 0 heterocycles. The van der Waals surface area contributed by atoms with Crippen LogP contribution in [0.15, 0.2) is 30.3 Å². The van der Waals surface area contributed by atoms with E-state index in [0.29, 0.717) is 6.42 Å². The fourth-order valence-corrected chi connectivity index (χ4v) is 1.28. The zero-order valence-corrected chi connectivity index (χ0v) is 7.69. The molecule has 1 rings (SSSR count). The van der Waals surface area contributed by atoms with E-state index in [2.05, 4.69) is 12.1 Å². The molecule has 1 aromatic carbocycles. The minimum atomic E-state index is -0.552. The van der Waals surface area contributed by atoms with Crippen LogP contribution in [0.25, 0.3) is 0 Å². The molecule has 0 saturated carbocycles. The molecule has 0 bridgehead atoms. The van der Waals surface area contributed by atoms with Gasteiger partial charge >= 0.3 is 0 Å². The third-order valence-corrected chi connectivity index (χ3v) is 2.06. The molecule has 0 unspecified atom stereocenters. The van der Waals surface area contributed by atoms with Gasteiger partial charge in [0.15, 0.2) is 0 Å². The van der Waals surface area contributed by atoms with E-state index in [1.165, 1.54) is 5.56 Å². The molecule has 72 valence electrons. The van der Waals surface area contributed by atoms with Crippen molar-refractivity contribution in [2.75, 3.05) is 6.61 Å². The molecule has 13 heavy (non-hydrogen) atoms. The lowest BCUT2D eigenvalue weighted by Gasteiger charge is -2.05. The van der Waals surface area contributed by atoms with Crippen molar-refractivity contribution in [2.24, 2.45) is 0 Å². The zero-order valence-electron chi connectivity index (χ0n) is 7.69. The van der Waals surface area contributed by atoms with Crippen LogP contribution in [-0.2, 0) is 6.42 Å². The number of hydrogen-bond acceptors (Lipinski definition) is 2. The maximum atomic E-state index is 9.09. The molecule has 0 aliphatic carbocycles. The molecule has 2 N–H and O–H groups in total. The summed E-state index contributed by atoms with van der Waals surface area (Å²) < 4.78 is 0. The van der Waals surface area contributed by atoms with E-state index in [0.717, 1.165) is 12.8 Å². The van der Waals surface area contributed by atoms with Gasteiger partial charge in [-0.15, -0.1) is 0 Å². The maximum absolute atomic E-state index is 9.09. The van der Waals surface area contributed by atoms with Crippen LogP contribution in [0.4, 0.5) is 0 Å². The SMILES string of the molecule is OC[C@H](O)CCCc1ccccc1. The van der Waals surface area contributed by atoms with Crippen LogP contribution in [0, 0.1) is 0 Å². The second-order valence-electron chi connectivity index (χ2n) is 3.21. The van der Waals surface area contributed by atoms with Crippen molar-refractivity contribution >= 4 is 0 Å². The molecule has 0 aromatic heterocycles. The largest absolute Gasteiger partial charge is 0.394 e. The molecule has 2 heteroatoms. The average molecular weight is 180 g/mol. The summed E-state index contributed by atoms with van der Waals surface area (Å²) in [7, 11) is 0. The van der Waals surface area contributed by atoms with E-state index in [1.807, 2.05) is 18.2 Å². The second-order valence-corrected chi connectivity index (χ2v) is 3.21. The highest BCUT2D eigenvalue weighted by Crippen LogP contribution is 2.05. The molecule has 0 amide bonds. The Labute approximate surface area is 78.8 Å². The van der Waals surface area contributed by atoms with Gasteiger partial charge in [0.2, 0.25) is 0 Å². The monoisotopic (exact) mass is 180 g/mol. The number of benzene rings is 1. The lowest BCUT2D eigenvalue weighted by molar-refractivity contribution is 0.0867. The molecule has 0 saturated heterocycles. The number of rotatable bonds is 5. The summed E-state index contributed by atoms with van der Waals surface area (Å²) in [6, 6.07) is 10.2. The van der Waals surface area contributed by atoms with Crippen LogP contribution >= 0.6 is 0 Å². The third kappa shape index (κ3) is 4.06. The molecule has 2 nitrogen and oxygen atoms in total. The van der Waals surface area contributed by atoms with Gasteiger partial charge in [0.05, 0.1) is 12.7 Å². The van der Waals surface area contributed by atoms with E-state index in [4.69, 9.17) is 10.2 Å². The second kappa shape index (κ2) is 5.73. The van der Waals surface area contributed by atoms with Crippen LogP contribution in [0.2, 0.25) is 0 Å². The molecule has 0 fully saturated rings. The smallest absolute Gasteiger partial charge is 0.0771 e. The molecular weight excluding hydrogens is 164 g/mol. The van der Waals surface area contributed by atoms with Crippen molar-refractivity contribution < 1.29 is 10.2 Å². The minimum absolute atomic E-state index is 0.130. The Balaban J connectivity index is 2.20. The summed E-state index contributed by atoms with van der Waals surface area (Å²) in [5, 5.41) is 17.7. The first-order chi connectivity index (χ1) is 6.33. The van der Waals surface area contributed by atoms with Crippen molar-refractivity contribution in [1.29, 1.82) is 0 Å². The molecule has 1 atom stereocenters. The summed E-state index contributed by atoms with van der Waals surface area (Å²) in [4.78, 5) is 0. The lowest BCUT2D eigenvalue weighted by atomic mass is 10.1. The predicted molar refractivity (Wildman–Crippen MR) is 52.5 cm³/mol. The Morgan fingerprint density at radius 2 is 1.85 bits per heavy atom. The lowest BCUT2D eigenvalue weighted by Crippen LogP contribution is -2.11. The Morgan fingerprint density at radius 3 is 2.46 bits per heavy atom. The Bertz CT molecular complexity index is 221. The number of aliphatic hydroxyl groups excluding tert-OH is 2. The summed E-state index contributed by atoms with van der Waals surface area (Å²) in [5.41, 5.74) is 1.28. The van der Waals surface area contributed by atoms with E-state index in [9.17, 15) is 0 Å².